The minimum absolute atomic E-state index is 0.00642. The fourth-order valence-corrected chi connectivity index (χ4v) is 2.67. The second kappa shape index (κ2) is 7.73. The molecule has 0 aliphatic carbocycles. The summed E-state index contributed by atoms with van der Waals surface area (Å²) in [6.07, 6.45) is -1.18. The largest absolute Gasteiger partial charge is 0.482 e. The van der Waals surface area contributed by atoms with Gasteiger partial charge < -0.3 is 20.1 Å². The van der Waals surface area contributed by atoms with Gasteiger partial charge in [-0.25, -0.2) is 0 Å². The Morgan fingerprint density at radius 3 is 2.46 bits per heavy atom. The van der Waals surface area contributed by atoms with Crippen LogP contribution in [0.2, 0.25) is 0 Å². The Morgan fingerprint density at radius 1 is 1.08 bits per heavy atom. The van der Waals surface area contributed by atoms with Gasteiger partial charge in [0.25, 0.3) is 11.6 Å². The maximum atomic E-state index is 12.4. The summed E-state index contributed by atoms with van der Waals surface area (Å²) in [5.41, 5.74) is 0.402. The summed E-state index contributed by atoms with van der Waals surface area (Å²) in [4.78, 5) is 22.9. The smallest absolute Gasteiger partial charge is 0.292 e. The predicted molar refractivity (Wildman–Crippen MR) is 95.5 cm³/mol. The lowest BCUT2D eigenvalue weighted by Gasteiger charge is -2.31. The lowest BCUT2D eigenvalue weighted by molar-refractivity contribution is -0.384. The van der Waals surface area contributed by atoms with Gasteiger partial charge >= 0.3 is 0 Å². The number of ether oxygens (including phenoxy) is 2. The fraction of sp³-hybridized carbons (Fsp3) is 0.278. The van der Waals surface area contributed by atoms with E-state index < -0.39 is 17.1 Å². The Hall–Kier alpha value is -3.29. The third kappa shape index (κ3) is 3.85. The van der Waals surface area contributed by atoms with Crippen molar-refractivity contribution in [3.63, 3.8) is 0 Å². The highest BCUT2D eigenvalue weighted by molar-refractivity contribution is 5.82. The zero-order chi connectivity index (χ0) is 18.5. The van der Waals surface area contributed by atoms with E-state index in [9.17, 15) is 14.9 Å². The lowest BCUT2D eigenvalue weighted by atomic mass is 10.1. The molecule has 2 atom stereocenters. The van der Waals surface area contributed by atoms with Gasteiger partial charge in [-0.3, -0.25) is 14.9 Å². The lowest BCUT2D eigenvalue weighted by Crippen LogP contribution is -2.49. The maximum absolute atomic E-state index is 12.4. The zero-order valence-corrected chi connectivity index (χ0v) is 14.2. The van der Waals surface area contributed by atoms with Crippen LogP contribution in [0.3, 0.4) is 0 Å². The number of hydrogen-bond acceptors (Lipinski definition) is 6. The number of anilines is 1. The minimum atomic E-state index is -0.754. The SMILES string of the molecule is CC1Oc2ccccc2OC1C(=O)NCCNc1ccccc1[N+](=O)[O-]. The number of rotatable bonds is 6. The monoisotopic (exact) mass is 357 g/mol. The second-order valence-corrected chi connectivity index (χ2v) is 5.80. The molecule has 2 aromatic carbocycles. The van der Waals surface area contributed by atoms with E-state index in [4.69, 9.17) is 9.47 Å². The number of nitrogens with one attached hydrogen (secondary N) is 2. The number of fused-ring (bicyclic) bond motifs is 1. The average Bonchev–Trinajstić information content (AvgIpc) is 2.64. The summed E-state index contributed by atoms with van der Waals surface area (Å²) < 4.78 is 11.4. The summed E-state index contributed by atoms with van der Waals surface area (Å²) >= 11 is 0. The van der Waals surface area contributed by atoms with Crippen molar-refractivity contribution in [3.05, 3.63) is 58.6 Å². The number of hydrogen-bond donors (Lipinski definition) is 2. The van der Waals surface area contributed by atoms with Gasteiger partial charge in [0, 0.05) is 19.2 Å². The first kappa shape index (κ1) is 17.5. The van der Waals surface area contributed by atoms with E-state index in [2.05, 4.69) is 10.6 Å². The summed E-state index contributed by atoms with van der Waals surface area (Å²) in [6, 6.07) is 13.5. The second-order valence-electron chi connectivity index (χ2n) is 5.80. The van der Waals surface area contributed by atoms with Gasteiger partial charge in [-0.2, -0.15) is 0 Å². The fourth-order valence-electron chi connectivity index (χ4n) is 2.67. The van der Waals surface area contributed by atoms with Gasteiger partial charge in [-0.1, -0.05) is 24.3 Å². The first-order chi connectivity index (χ1) is 12.6. The van der Waals surface area contributed by atoms with Crippen LogP contribution in [0.15, 0.2) is 48.5 Å². The van der Waals surface area contributed by atoms with E-state index in [0.717, 1.165) is 0 Å². The van der Waals surface area contributed by atoms with Gasteiger partial charge in [0.15, 0.2) is 11.5 Å². The van der Waals surface area contributed by atoms with Gasteiger partial charge in [-0.05, 0) is 25.1 Å². The van der Waals surface area contributed by atoms with E-state index in [1.54, 1.807) is 37.3 Å². The maximum Gasteiger partial charge on any atom is 0.292 e. The number of benzene rings is 2. The van der Waals surface area contributed by atoms with Crippen molar-refractivity contribution >= 4 is 17.3 Å². The Morgan fingerprint density at radius 2 is 1.73 bits per heavy atom. The molecule has 1 aliphatic heterocycles. The van der Waals surface area contributed by atoms with Crippen molar-refractivity contribution in [3.8, 4) is 11.5 Å². The average molecular weight is 357 g/mol. The minimum Gasteiger partial charge on any atom is -0.482 e. The van der Waals surface area contributed by atoms with Gasteiger partial charge in [-0.15, -0.1) is 0 Å². The number of carbonyl (C=O) groups excluding carboxylic acids is 1. The summed E-state index contributed by atoms with van der Waals surface area (Å²) in [5, 5.41) is 16.7. The van der Waals surface area contributed by atoms with Crippen molar-refractivity contribution in [2.45, 2.75) is 19.1 Å². The molecule has 2 N–H and O–H groups in total. The molecule has 2 unspecified atom stereocenters. The molecule has 26 heavy (non-hydrogen) atoms. The van der Waals surface area contributed by atoms with Crippen LogP contribution in [-0.2, 0) is 4.79 Å². The van der Waals surface area contributed by atoms with Crippen molar-refractivity contribution in [1.82, 2.24) is 5.32 Å². The molecule has 1 amide bonds. The number of carbonyl (C=O) groups is 1. The molecule has 8 heteroatoms. The highest BCUT2D eigenvalue weighted by Gasteiger charge is 2.33. The van der Waals surface area contributed by atoms with Crippen LogP contribution >= 0.6 is 0 Å². The van der Waals surface area contributed by atoms with Crippen LogP contribution in [0.4, 0.5) is 11.4 Å². The van der Waals surface area contributed by atoms with Crippen LogP contribution < -0.4 is 20.1 Å². The summed E-state index contributed by atoms with van der Waals surface area (Å²) in [5.74, 6) is 0.849. The molecule has 0 aromatic heterocycles. The third-order valence-corrected chi connectivity index (χ3v) is 3.94. The molecule has 0 spiro atoms. The van der Waals surface area contributed by atoms with Gasteiger partial charge in [0.1, 0.15) is 11.8 Å². The zero-order valence-electron chi connectivity index (χ0n) is 14.2. The van der Waals surface area contributed by atoms with Crippen LogP contribution in [0, 0.1) is 10.1 Å². The van der Waals surface area contributed by atoms with E-state index in [-0.39, 0.29) is 11.6 Å². The molecule has 2 aromatic rings. The first-order valence-corrected chi connectivity index (χ1v) is 8.23. The van der Waals surface area contributed by atoms with Crippen LogP contribution in [-0.4, -0.2) is 36.1 Å². The molecule has 0 fully saturated rings. The third-order valence-electron chi connectivity index (χ3n) is 3.94. The molecule has 0 radical (unpaired) electrons. The first-order valence-electron chi connectivity index (χ1n) is 8.23. The van der Waals surface area contributed by atoms with E-state index in [1.165, 1.54) is 6.07 Å². The summed E-state index contributed by atoms with van der Waals surface area (Å²) in [7, 11) is 0. The number of para-hydroxylation sites is 4. The molecule has 0 bridgehead atoms. The van der Waals surface area contributed by atoms with Crippen LogP contribution in [0.5, 0.6) is 11.5 Å². The predicted octanol–water partition coefficient (Wildman–Crippen LogP) is 2.35. The van der Waals surface area contributed by atoms with Crippen molar-refractivity contribution in [2.24, 2.45) is 0 Å². The number of nitro groups is 1. The van der Waals surface area contributed by atoms with Crippen molar-refractivity contribution in [2.75, 3.05) is 18.4 Å². The molecular formula is C18H19N3O5. The van der Waals surface area contributed by atoms with E-state index >= 15 is 0 Å². The molecular weight excluding hydrogens is 338 g/mol. The van der Waals surface area contributed by atoms with Crippen LogP contribution in [0.1, 0.15) is 6.92 Å². The molecule has 8 nitrogen and oxygen atoms in total. The van der Waals surface area contributed by atoms with Crippen LogP contribution in [0.25, 0.3) is 0 Å². The molecule has 3 rings (SSSR count). The van der Waals surface area contributed by atoms with Crippen molar-refractivity contribution < 1.29 is 19.2 Å². The summed E-state index contributed by atoms with van der Waals surface area (Å²) in [6.45, 7) is 2.40. The normalized spacial score (nSPS) is 18.0. The van der Waals surface area contributed by atoms with E-state index in [0.29, 0.717) is 30.3 Å². The van der Waals surface area contributed by atoms with Crippen molar-refractivity contribution in [1.29, 1.82) is 0 Å². The number of amides is 1. The van der Waals surface area contributed by atoms with Gasteiger partial charge in [0.2, 0.25) is 6.10 Å². The Kier molecular flexibility index (Phi) is 5.21. The molecule has 0 saturated carbocycles. The van der Waals surface area contributed by atoms with E-state index in [1.807, 2.05) is 12.1 Å². The number of nitrogens with zero attached hydrogens (tertiary/aromatic N) is 1. The molecule has 1 aliphatic rings. The number of nitro benzene ring substituents is 1. The Balaban J connectivity index is 1.51. The van der Waals surface area contributed by atoms with Gasteiger partial charge in [0.05, 0.1) is 4.92 Å². The quantitative estimate of drug-likeness (QED) is 0.467. The molecule has 1 heterocycles. The Labute approximate surface area is 150 Å². The highest BCUT2D eigenvalue weighted by Crippen LogP contribution is 2.33. The highest BCUT2D eigenvalue weighted by atomic mass is 16.6. The Bertz CT molecular complexity index is 811. The standard InChI is InChI=1S/C18H19N3O5/c1-12-17(26-16-9-5-4-8-15(16)25-12)18(22)20-11-10-19-13-6-2-3-7-14(13)21(23)24/h2-9,12,17,19H,10-11H2,1H3,(H,20,22). The topological polar surface area (TPSA) is 103 Å². The molecule has 0 saturated heterocycles. The molecule has 136 valence electrons.